The number of primary amides is 1. The molecule has 3 aromatic rings. The molecule has 1 unspecified atom stereocenters. The number of amides is 1. The van der Waals surface area contributed by atoms with Crippen LogP contribution in [0.2, 0.25) is 0 Å². The molecule has 0 spiro atoms. The second-order valence-electron chi connectivity index (χ2n) is 8.82. The van der Waals surface area contributed by atoms with Gasteiger partial charge in [0.05, 0.1) is 17.8 Å². The van der Waals surface area contributed by atoms with Gasteiger partial charge in [0.2, 0.25) is 11.9 Å². The van der Waals surface area contributed by atoms with Crippen LogP contribution in [0.25, 0.3) is 5.69 Å². The van der Waals surface area contributed by atoms with Crippen molar-refractivity contribution in [3.63, 3.8) is 0 Å². The number of fused-ring (bicyclic) bond motifs is 3. The number of anilines is 2. The molecule has 0 saturated heterocycles. The van der Waals surface area contributed by atoms with Crippen LogP contribution >= 0.6 is 0 Å². The number of carbonyl (C=O) groups is 1. The Bertz CT molecular complexity index is 1250. The number of aromatic nitrogens is 5. The molecule has 1 aliphatic carbocycles. The molecule has 2 aliphatic rings. The SMILES string of the molecule is CCC1c2nncn2-c2cnc(NCc3ccc(C(N)=O)cc3C(F)(F)F)nc2N1C1CCCC1. The number of carbonyl (C=O) groups excluding carboxylic acids is 1. The van der Waals surface area contributed by atoms with Crippen molar-refractivity contribution in [2.24, 2.45) is 5.73 Å². The zero-order chi connectivity index (χ0) is 24.7. The van der Waals surface area contributed by atoms with Gasteiger partial charge in [0.1, 0.15) is 12.0 Å². The third-order valence-corrected chi connectivity index (χ3v) is 6.70. The summed E-state index contributed by atoms with van der Waals surface area (Å²) in [5, 5.41) is 11.4. The number of nitrogens with zero attached hydrogens (tertiary/aromatic N) is 6. The van der Waals surface area contributed by atoms with Gasteiger partial charge in [-0.3, -0.25) is 9.36 Å². The second kappa shape index (κ2) is 8.82. The summed E-state index contributed by atoms with van der Waals surface area (Å²) < 4.78 is 42.8. The maximum atomic E-state index is 13.6. The maximum Gasteiger partial charge on any atom is 0.416 e. The van der Waals surface area contributed by atoms with E-state index in [9.17, 15) is 18.0 Å². The fraction of sp³-hybridized carbons (Fsp3) is 0.435. The molecule has 1 aliphatic heterocycles. The number of alkyl halides is 3. The van der Waals surface area contributed by atoms with E-state index >= 15 is 0 Å². The first-order valence-corrected chi connectivity index (χ1v) is 11.6. The molecule has 5 rings (SSSR count). The van der Waals surface area contributed by atoms with Crippen LogP contribution in [-0.2, 0) is 12.7 Å². The van der Waals surface area contributed by atoms with E-state index in [1.165, 1.54) is 12.1 Å². The Kier molecular flexibility index (Phi) is 5.81. The molecule has 2 aromatic heterocycles. The Morgan fingerprint density at radius 1 is 1.26 bits per heavy atom. The molecular weight excluding hydrogens is 461 g/mol. The average molecular weight is 487 g/mol. The molecule has 3 N–H and O–H groups in total. The number of rotatable bonds is 6. The number of nitrogens with two attached hydrogens (primary N) is 1. The molecule has 9 nitrogen and oxygen atoms in total. The van der Waals surface area contributed by atoms with Crippen molar-refractivity contribution in [2.45, 2.75) is 63.8 Å². The standard InChI is InChI=1S/C23H25F3N8O/c1-2-17-21-32-30-12-33(21)18-11-29-22(31-20(18)34(17)15-5-3-4-6-15)28-10-14-8-7-13(19(27)35)9-16(14)23(24,25)26/h7-9,11-12,15,17H,2-6,10H2,1H3,(H2,27,35)(H,28,29,31). The van der Waals surface area contributed by atoms with Crippen LogP contribution in [0.4, 0.5) is 24.9 Å². The van der Waals surface area contributed by atoms with Crippen LogP contribution in [0, 0.1) is 0 Å². The third-order valence-electron chi connectivity index (χ3n) is 6.70. The lowest BCUT2D eigenvalue weighted by atomic mass is 10.0. The highest BCUT2D eigenvalue weighted by molar-refractivity contribution is 5.93. The van der Waals surface area contributed by atoms with Gasteiger partial charge in [-0.25, -0.2) is 4.98 Å². The number of hydrogen-bond acceptors (Lipinski definition) is 7. The zero-order valence-corrected chi connectivity index (χ0v) is 19.1. The molecule has 1 fully saturated rings. The molecule has 0 bridgehead atoms. The first kappa shape index (κ1) is 23.1. The van der Waals surface area contributed by atoms with Gasteiger partial charge in [-0.2, -0.15) is 18.2 Å². The van der Waals surface area contributed by atoms with E-state index in [1.807, 2.05) is 4.57 Å². The maximum absolute atomic E-state index is 13.6. The molecule has 3 heterocycles. The Labute approximate surface area is 199 Å². The van der Waals surface area contributed by atoms with Crippen molar-refractivity contribution in [3.8, 4) is 5.69 Å². The summed E-state index contributed by atoms with van der Waals surface area (Å²) in [5.41, 5.74) is 4.74. The van der Waals surface area contributed by atoms with E-state index in [0.717, 1.165) is 49.7 Å². The van der Waals surface area contributed by atoms with Gasteiger partial charge in [-0.1, -0.05) is 25.8 Å². The Hall–Kier alpha value is -3.70. The van der Waals surface area contributed by atoms with Gasteiger partial charge in [-0.15, -0.1) is 10.2 Å². The Morgan fingerprint density at radius 2 is 2.03 bits per heavy atom. The van der Waals surface area contributed by atoms with Gasteiger partial charge in [0.15, 0.2) is 11.6 Å². The topological polar surface area (TPSA) is 115 Å². The molecule has 35 heavy (non-hydrogen) atoms. The van der Waals surface area contributed by atoms with Crippen molar-refractivity contribution in [1.29, 1.82) is 0 Å². The molecule has 1 aromatic carbocycles. The molecule has 1 atom stereocenters. The van der Waals surface area contributed by atoms with Gasteiger partial charge in [-0.05, 0) is 37.0 Å². The normalized spacial score (nSPS) is 17.8. The molecule has 12 heteroatoms. The van der Waals surface area contributed by atoms with Crippen molar-refractivity contribution in [3.05, 3.63) is 53.2 Å². The number of hydrogen-bond donors (Lipinski definition) is 2. The molecule has 0 radical (unpaired) electrons. The van der Waals surface area contributed by atoms with Crippen LogP contribution in [-0.4, -0.2) is 36.7 Å². The predicted octanol–water partition coefficient (Wildman–Crippen LogP) is 4.00. The minimum absolute atomic E-state index is 0.00553. The lowest BCUT2D eigenvalue weighted by Crippen LogP contribution is -2.42. The van der Waals surface area contributed by atoms with E-state index in [0.29, 0.717) is 11.9 Å². The van der Waals surface area contributed by atoms with Crippen LogP contribution in [0.5, 0.6) is 0 Å². The summed E-state index contributed by atoms with van der Waals surface area (Å²) in [6.07, 6.45) is 3.80. The number of nitrogens with one attached hydrogen (secondary N) is 1. The van der Waals surface area contributed by atoms with Crippen LogP contribution in [0.1, 0.15) is 72.4 Å². The van der Waals surface area contributed by atoms with Crippen LogP contribution in [0.3, 0.4) is 0 Å². The van der Waals surface area contributed by atoms with Crippen molar-refractivity contribution >= 4 is 17.7 Å². The molecular formula is C23H25F3N8O. The van der Waals surface area contributed by atoms with Gasteiger partial charge in [0.25, 0.3) is 0 Å². The summed E-state index contributed by atoms with van der Waals surface area (Å²) in [5.74, 6) is 0.846. The number of benzene rings is 1. The lowest BCUT2D eigenvalue weighted by molar-refractivity contribution is -0.138. The van der Waals surface area contributed by atoms with E-state index < -0.39 is 17.6 Å². The van der Waals surface area contributed by atoms with E-state index in [2.05, 4.69) is 32.3 Å². The Balaban J connectivity index is 1.48. The van der Waals surface area contributed by atoms with E-state index in [1.54, 1.807) is 12.5 Å². The summed E-state index contributed by atoms with van der Waals surface area (Å²) in [7, 11) is 0. The lowest BCUT2D eigenvalue weighted by Gasteiger charge is -2.40. The van der Waals surface area contributed by atoms with E-state index in [4.69, 9.17) is 10.7 Å². The van der Waals surface area contributed by atoms with Gasteiger partial charge in [0, 0.05) is 18.2 Å². The Morgan fingerprint density at radius 3 is 2.71 bits per heavy atom. The van der Waals surface area contributed by atoms with Crippen LogP contribution < -0.4 is 16.0 Å². The van der Waals surface area contributed by atoms with Crippen LogP contribution in [0.15, 0.2) is 30.7 Å². The largest absolute Gasteiger partial charge is 0.416 e. The predicted molar refractivity (Wildman–Crippen MR) is 122 cm³/mol. The highest BCUT2D eigenvalue weighted by Crippen LogP contribution is 2.42. The first-order chi connectivity index (χ1) is 16.8. The summed E-state index contributed by atoms with van der Waals surface area (Å²) in [4.78, 5) is 22.7. The fourth-order valence-electron chi connectivity index (χ4n) is 5.05. The summed E-state index contributed by atoms with van der Waals surface area (Å²) >= 11 is 0. The minimum Gasteiger partial charge on any atom is -0.366 e. The monoisotopic (exact) mass is 486 g/mol. The summed E-state index contributed by atoms with van der Waals surface area (Å²) in [6.45, 7) is 1.91. The average Bonchev–Trinajstić information content (AvgIpc) is 3.53. The van der Waals surface area contributed by atoms with Gasteiger partial charge < -0.3 is 16.0 Å². The van der Waals surface area contributed by atoms with Crippen molar-refractivity contribution < 1.29 is 18.0 Å². The number of halogens is 3. The highest BCUT2D eigenvalue weighted by Gasteiger charge is 2.39. The third kappa shape index (κ3) is 4.17. The summed E-state index contributed by atoms with van der Waals surface area (Å²) in [6, 6.07) is 3.59. The van der Waals surface area contributed by atoms with Crippen molar-refractivity contribution in [2.75, 3.05) is 10.2 Å². The smallest absolute Gasteiger partial charge is 0.366 e. The first-order valence-electron chi connectivity index (χ1n) is 11.6. The minimum atomic E-state index is -4.64. The van der Waals surface area contributed by atoms with Gasteiger partial charge >= 0.3 is 6.18 Å². The van der Waals surface area contributed by atoms with Crippen molar-refractivity contribution in [1.82, 2.24) is 24.7 Å². The second-order valence-corrected chi connectivity index (χ2v) is 8.82. The van der Waals surface area contributed by atoms with E-state index in [-0.39, 0.29) is 29.7 Å². The molecule has 1 saturated carbocycles. The fourth-order valence-corrected chi connectivity index (χ4v) is 5.05. The quantitative estimate of drug-likeness (QED) is 0.541. The molecule has 1 amide bonds. The highest BCUT2D eigenvalue weighted by atomic mass is 19.4. The molecule has 184 valence electrons. The zero-order valence-electron chi connectivity index (χ0n) is 19.1.